The average molecular weight is 345 g/mol. The zero-order valence-corrected chi connectivity index (χ0v) is 14.2. The molecule has 9 heteroatoms. The van der Waals surface area contributed by atoms with Gasteiger partial charge in [-0.1, -0.05) is 0 Å². The topological polar surface area (TPSA) is 124 Å². The first kappa shape index (κ1) is 16.7. The van der Waals surface area contributed by atoms with Gasteiger partial charge < -0.3 is 15.6 Å². The molecule has 0 saturated carbocycles. The van der Waals surface area contributed by atoms with Crippen LogP contribution in [0.1, 0.15) is 42.5 Å². The highest BCUT2D eigenvalue weighted by molar-refractivity contribution is 5.86. The van der Waals surface area contributed by atoms with E-state index in [1.54, 1.807) is 21.8 Å². The summed E-state index contributed by atoms with van der Waals surface area (Å²) in [4.78, 5) is 28.5. The van der Waals surface area contributed by atoms with E-state index in [0.29, 0.717) is 18.8 Å². The summed E-state index contributed by atoms with van der Waals surface area (Å²) in [6.45, 7) is 6.19. The summed E-state index contributed by atoms with van der Waals surface area (Å²) < 4.78 is 6.91. The van der Waals surface area contributed by atoms with Gasteiger partial charge in [0.1, 0.15) is 17.1 Å². The number of ether oxygens (including phenoxy) is 1. The molecule has 25 heavy (non-hydrogen) atoms. The van der Waals surface area contributed by atoms with Gasteiger partial charge in [0, 0.05) is 11.8 Å². The largest absolute Gasteiger partial charge is 0.477 e. The third-order valence-electron chi connectivity index (χ3n) is 3.60. The molecule has 1 aliphatic rings. The Morgan fingerprint density at radius 1 is 1.28 bits per heavy atom. The number of anilines is 1. The lowest BCUT2D eigenvalue weighted by Gasteiger charge is -2.24. The van der Waals surface area contributed by atoms with Gasteiger partial charge in [0.05, 0.1) is 18.8 Å². The minimum absolute atomic E-state index is 0.0741. The molecular weight excluding hydrogens is 326 g/mol. The van der Waals surface area contributed by atoms with Crippen molar-refractivity contribution in [3.05, 3.63) is 35.3 Å². The molecule has 0 aromatic carbocycles. The van der Waals surface area contributed by atoms with E-state index in [-0.39, 0.29) is 17.6 Å². The number of aromatic nitrogens is 3. The van der Waals surface area contributed by atoms with Gasteiger partial charge in [0.25, 0.3) is 0 Å². The maximum Gasteiger partial charge on any atom is 0.410 e. The molecule has 0 radical (unpaired) electrons. The lowest BCUT2D eigenvalue weighted by Crippen LogP contribution is -2.33. The highest BCUT2D eigenvalue weighted by atomic mass is 16.6. The Morgan fingerprint density at radius 2 is 2.00 bits per heavy atom. The predicted octanol–water partition coefficient (Wildman–Crippen LogP) is 1.80. The summed E-state index contributed by atoms with van der Waals surface area (Å²) in [6, 6.07) is 2.92. The number of fused-ring (bicyclic) bond motifs is 1. The Balaban J connectivity index is 1.78. The van der Waals surface area contributed by atoms with Crippen LogP contribution in [-0.2, 0) is 17.8 Å². The summed E-state index contributed by atoms with van der Waals surface area (Å²) in [5.74, 6) is -1.07. The number of hydrogen-bond donors (Lipinski definition) is 2. The number of nitrogen functional groups attached to an aromatic ring is 1. The number of pyridine rings is 1. The lowest BCUT2D eigenvalue weighted by molar-refractivity contribution is 0.0239. The highest BCUT2D eigenvalue weighted by Gasteiger charge is 2.30. The van der Waals surface area contributed by atoms with Gasteiger partial charge in [-0.15, -0.1) is 0 Å². The van der Waals surface area contributed by atoms with Crippen LogP contribution in [-0.4, -0.2) is 42.4 Å². The summed E-state index contributed by atoms with van der Waals surface area (Å²) in [5, 5.41) is 13.4. The zero-order chi connectivity index (χ0) is 18.4. The van der Waals surface area contributed by atoms with Crippen LogP contribution in [0.5, 0.6) is 0 Å². The van der Waals surface area contributed by atoms with Crippen LogP contribution < -0.4 is 5.73 Å². The molecule has 3 heterocycles. The van der Waals surface area contributed by atoms with Crippen LogP contribution in [0.4, 0.5) is 10.6 Å². The van der Waals surface area contributed by atoms with E-state index in [1.165, 1.54) is 6.07 Å². The second-order valence-electron chi connectivity index (χ2n) is 6.79. The first-order valence-electron chi connectivity index (χ1n) is 7.69. The van der Waals surface area contributed by atoms with Gasteiger partial charge in [0.2, 0.25) is 0 Å². The third-order valence-corrected chi connectivity index (χ3v) is 3.60. The second kappa shape index (κ2) is 5.76. The molecule has 0 unspecified atom stereocenters. The molecule has 0 saturated heterocycles. The lowest BCUT2D eigenvalue weighted by atomic mass is 10.2. The molecular formula is C16H19N5O4. The number of carbonyl (C=O) groups excluding carboxylic acids is 1. The molecule has 2 aromatic heterocycles. The minimum Gasteiger partial charge on any atom is -0.477 e. The number of rotatable bonds is 2. The van der Waals surface area contributed by atoms with E-state index in [9.17, 15) is 9.59 Å². The fourth-order valence-corrected chi connectivity index (χ4v) is 2.51. The van der Waals surface area contributed by atoms with E-state index in [1.807, 2.05) is 20.8 Å². The van der Waals surface area contributed by atoms with Crippen LogP contribution in [0.25, 0.3) is 5.69 Å². The third kappa shape index (κ3) is 3.39. The maximum absolute atomic E-state index is 12.1. The first-order valence-corrected chi connectivity index (χ1v) is 7.69. The summed E-state index contributed by atoms with van der Waals surface area (Å²) in [7, 11) is 0. The summed E-state index contributed by atoms with van der Waals surface area (Å²) in [6.07, 6.45) is 1.37. The van der Waals surface area contributed by atoms with E-state index < -0.39 is 11.6 Å². The molecule has 0 fully saturated rings. The predicted molar refractivity (Wildman–Crippen MR) is 88.2 cm³/mol. The highest BCUT2D eigenvalue weighted by Crippen LogP contribution is 2.26. The van der Waals surface area contributed by atoms with Crippen molar-refractivity contribution in [2.45, 2.75) is 39.5 Å². The Hall–Kier alpha value is -3.10. The number of nitrogens with two attached hydrogens (primary N) is 1. The van der Waals surface area contributed by atoms with E-state index in [0.717, 1.165) is 11.3 Å². The van der Waals surface area contributed by atoms with Crippen molar-refractivity contribution in [1.29, 1.82) is 0 Å². The van der Waals surface area contributed by atoms with Crippen LogP contribution in [0.15, 0.2) is 18.3 Å². The maximum atomic E-state index is 12.1. The summed E-state index contributed by atoms with van der Waals surface area (Å²) >= 11 is 0. The SMILES string of the molecule is CC(C)(C)OC(=O)N1Cc2cn(-c3ccc(C(=O)O)nc3N)nc2C1. The van der Waals surface area contributed by atoms with Gasteiger partial charge in [-0.05, 0) is 32.9 Å². The number of carboxylic acid groups (broad SMARTS) is 1. The molecule has 1 amide bonds. The molecule has 1 aliphatic heterocycles. The smallest absolute Gasteiger partial charge is 0.410 e. The molecule has 2 aromatic rings. The van der Waals surface area contributed by atoms with Crippen LogP contribution >= 0.6 is 0 Å². The Kier molecular flexibility index (Phi) is 3.86. The number of nitrogens with zero attached hydrogens (tertiary/aromatic N) is 4. The van der Waals surface area contributed by atoms with Gasteiger partial charge in [-0.2, -0.15) is 5.10 Å². The molecule has 132 valence electrons. The van der Waals surface area contributed by atoms with Crippen LogP contribution in [0.3, 0.4) is 0 Å². The fraction of sp³-hybridized carbons (Fsp3) is 0.375. The van der Waals surface area contributed by atoms with Gasteiger partial charge in [-0.25, -0.2) is 19.3 Å². The Morgan fingerprint density at radius 3 is 2.56 bits per heavy atom. The quantitative estimate of drug-likeness (QED) is 0.850. The second-order valence-corrected chi connectivity index (χ2v) is 6.79. The molecule has 0 atom stereocenters. The van der Waals surface area contributed by atoms with Crippen molar-refractivity contribution in [1.82, 2.24) is 19.7 Å². The fourth-order valence-electron chi connectivity index (χ4n) is 2.51. The normalized spacial score (nSPS) is 13.6. The van der Waals surface area contributed by atoms with Crippen molar-refractivity contribution in [2.75, 3.05) is 5.73 Å². The number of hydrogen-bond acceptors (Lipinski definition) is 6. The molecule has 0 bridgehead atoms. The monoisotopic (exact) mass is 345 g/mol. The van der Waals surface area contributed by atoms with E-state index in [4.69, 9.17) is 15.6 Å². The standard InChI is InChI=1S/C16H19N5O4/c1-16(2,3)25-15(24)20-6-9-7-21(19-11(9)8-20)12-5-4-10(14(22)23)18-13(12)17/h4-5,7H,6,8H2,1-3H3,(H2,17,18)(H,22,23). The van der Waals surface area contributed by atoms with Crippen LogP contribution in [0.2, 0.25) is 0 Å². The molecule has 3 N–H and O–H groups in total. The van der Waals surface area contributed by atoms with Gasteiger partial charge in [0.15, 0.2) is 5.69 Å². The number of amides is 1. The van der Waals surface area contributed by atoms with Gasteiger partial charge in [-0.3, -0.25) is 4.90 Å². The first-order chi connectivity index (χ1) is 11.6. The van der Waals surface area contributed by atoms with Crippen molar-refractivity contribution in [3.8, 4) is 5.69 Å². The number of carboxylic acids is 1. The molecule has 3 rings (SSSR count). The van der Waals surface area contributed by atoms with Crippen molar-refractivity contribution in [3.63, 3.8) is 0 Å². The zero-order valence-electron chi connectivity index (χ0n) is 14.2. The molecule has 0 aliphatic carbocycles. The van der Waals surface area contributed by atoms with Crippen molar-refractivity contribution in [2.24, 2.45) is 0 Å². The average Bonchev–Trinajstić information content (AvgIpc) is 3.03. The Labute approximate surface area is 144 Å². The number of carbonyl (C=O) groups is 2. The Bertz CT molecular complexity index is 829. The van der Waals surface area contributed by atoms with Crippen molar-refractivity contribution >= 4 is 17.9 Å². The molecule has 9 nitrogen and oxygen atoms in total. The van der Waals surface area contributed by atoms with E-state index in [2.05, 4.69) is 10.1 Å². The van der Waals surface area contributed by atoms with E-state index >= 15 is 0 Å². The minimum atomic E-state index is -1.14. The molecule has 0 spiro atoms. The van der Waals surface area contributed by atoms with Gasteiger partial charge >= 0.3 is 12.1 Å². The van der Waals surface area contributed by atoms with Crippen LogP contribution in [0, 0.1) is 0 Å². The number of aromatic carboxylic acids is 1. The van der Waals surface area contributed by atoms with Crippen molar-refractivity contribution < 1.29 is 19.4 Å². The summed E-state index contributed by atoms with van der Waals surface area (Å²) in [5.41, 5.74) is 7.27.